The molecule has 0 aromatic heterocycles. The number of nitrogens with one attached hydrogen (secondary N) is 1. The van der Waals surface area contributed by atoms with E-state index < -0.39 is 18.2 Å². The van der Waals surface area contributed by atoms with Crippen molar-refractivity contribution >= 4 is 23.8 Å². The van der Waals surface area contributed by atoms with Gasteiger partial charge in [0.1, 0.15) is 12.6 Å². The normalized spacial score (nSPS) is 20.1. The molecule has 4 rings (SSSR count). The monoisotopic (exact) mass is 465 g/mol. The van der Waals surface area contributed by atoms with Crippen LogP contribution in [0.2, 0.25) is 0 Å². The van der Waals surface area contributed by atoms with Crippen LogP contribution in [0.3, 0.4) is 0 Å². The standard InChI is InChI=1S/C26H31N3O5/c1-26(2,3)22-20-10-9-19(15-18(20)11-13-29(22)25(32)33)28-14-12-21(23(28)30)27-24(31)34-16-17-7-5-4-6-8-17/h4-10,15,21-22H,11-14,16H2,1-3H3,(H,27,31)(H,32,33)/t21-,22?/m0/s1. The summed E-state index contributed by atoms with van der Waals surface area (Å²) in [5.74, 6) is -0.174. The Balaban J connectivity index is 1.44. The predicted molar refractivity (Wildman–Crippen MR) is 128 cm³/mol. The molecule has 1 unspecified atom stereocenters. The summed E-state index contributed by atoms with van der Waals surface area (Å²) in [5.41, 5.74) is 3.41. The highest BCUT2D eigenvalue weighted by Gasteiger charge is 2.40. The fourth-order valence-electron chi connectivity index (χ4n) is 4.90. The minimum absolute atomic E-state index is 0.143. The summed E-state index contributed by atoms with van der Waals surface area (Å²) in [4.78, 5) is 40.2. The van der Waals surface area contributed by atoms with Gasteiger partial charge in [0.15, 0.2) is 0 Å². The minimum Gasteiger partial charge on any atom is -0.465 e. The number of carboxylic acid groups (broad SMARTS) is 1. The Labute approximate surface area is 199 Å². The molecule has 2 aliphatic heterocycles. The van der Waals surface area contributed by atoms with Gasteiger partial charge in [-0.1, -0.05) is 57.2 Å². The van der Waals surface area contributed by atoms with E-state index in [9.17, 15) is 19.5 Å². The molecule has 2 N–H and O–H groups in total. The molecule has 2 aromatic carbocycles. The molecule has 0 spiro atoms. The summed E-state index contributed by atoms with van der Waals surface area (Å²) in [7, 11) is 0. The van der Waals surface area contributed by atoms with Crippen LogP contribution in [-0.4, -0.2) is 47.2 Å². The van der Waals surface area contributed by atoms with Gasteiger partial charge in [0.2, 0.25) is 5.91 Å². The highest BCUT2D eigenvalue weighted by Crippen LogP contribution is 2.43. The van der Waals surface area contributed by atoms with Crippen molar-refractivity contribution in [2.75, 3.05) is 18.0 Å². The fraction of sp³-hybridized carbons (Fsp3) is 0.423. The number of carbonyl (C=O) groups excluding carboxylic acids is 2. The highest BCUT2D eigenvalue weighted by atomic mass is 16.5. The minimum atomic E-state index is -0.919. The van der Waals surface area contributed by atoms with E-state index in [-0.39, 0.29) is 24.0 Å². The maximum atomic E-state index is 13.0. The molecule has 180 valence electrons. The van der Waals surface area contributed by atoms with E-state index in [4.69, 9.17) is 4.74 Å². The van der Waals surface area contributed by atoms with Crippen molar-refractivity contribution < 1.29 is 24.2 Å². The van der Waals surface area contributed by atoms with Crippen LogP contribution in [0.25, 0.3) is 0 Å². The molecule has 0 bridgehead atoms. The molecular formula is C26H31N3O5. The summed E-state index contributed by atoms with van der Waals surface area (Å²) in [6, 6.07) is 14.3. The first kappa shape index (κ1) is 23.6. The summed E-state index contributed by atoms with van der Waals surface area (Å²) < 4.78 is 5.25. The first-order valence-corrected chi connectivity index (χ1v) is 11.6. The summed E-state index contributed by atoms with van der Waals surface area (Å²) >= 11 is 0. The lowest BCUT2D eigenvalue weighted by Gasteiger charge is -2.43. The number of hydrogen-bond acceptors (Lipinski definition) is 4. The Morgan fingerprint density at radius 3 is 2.53 bits per heavy atom. The van der Waals surface area contributed by atoms with E-state index in [2.05, 4.69) is 5.32 Å². The van der Waals surface area contributed by atoms with Crippen molar-refractivity contribution in [1.82, 2.24) is 10.2 Å². The molecule has 2 atom stereocenters. The van der Waals surface area contributed by atoms with Crippen LogP contribution in [0.4, 0.5) is 15.3 Å². The van der Waals surface area contributed by atoms with Crippen molar-refractivity contribution in [2.24, 2.45) is 5.41 Å². The third-order valence-electron chi connectivity index (χ3n) is 6.44. The van der Waals surface area contributed by atoms with Gasteiger partial charge in [-0.05, 0) is 47.1 Å². The smallest absolute Gasteiger partial charge is 0.408 e. The van der Waals surface area contributed by atoms with Gasteiger partial charge in [-0.15, -0.1) is 0 Å². The quantitative estimate of drug-likeness (QED) is 0.700. The largest absolute Gasteiger partial charge is 0.465 e. The summed E-state index contributed by atoms with van der Waals surface area (Å²) in [6.07, 6.45) is -0.445. The van der Waals surface area contributed by atoms with Gasteiger partial charge >= 0.3 is 12.2 Å². The topological polar surface area (TPSA) is 99.2 Å². The molecule has 2 aliphatic rings. The first-order valence-electron chi connectivity index (χ1n) is 11.6. The number of rotatable bonds is 4. The average molecular weight is 466 g/mol. The van der Waals surface area contributed by atoms with E-state index in [1.54, 1.807) is 4.90 Å². The van der Waals surface area contributed by atoms with Crippen LogP contribution in [0.5, 0.6) is 0 Å². The van der Waals surface area contributed by atoms with Crippen molar-refractivity contribution in [3.63, 3.8) is 0 Å². The molecule has 0 aliphatic carbocycles. The molecule has 34 heavy (non-hydrogen) atoms. The Kier molecular flexibility index (Phi) is 6.50. The zero-order valence-electron chi connectivity index (χ0n) is 19.8. The zero-order chi connectivity index (χ0) is 24.5. The Morgan fingerprint density at radius 2 is 1.85 bits per heavy atom. The molecule has 0 saturated carbocycles. The average Bonchev–Trinajstić information content (AvgIpc) is 3.16. The summed E-state index contributed by atoms with van der Waals surface area (Å²) in [6.45, 7) is 7.16. The number of carbonyl (C=O) groups is 3. The van der Waals surface area contributed by atoms with Gasteiger partial charge in [-0.3, -0.25) is 4.79 Å². The van der Waals surface area contributed by atoms with Crippen LogP contribution >= 0.6 is 0 Å². The van der Waals surface area contributed by atoms with E-state index in [0.29, 0.717) is 25.9 Å². The van der Waals surface area contributed by atoms with Crippen LogP contribution in [0, 0.1) is 5.41 Å². The van der Waals surface area contributed by atoms with Crippen LogP contribution in [0.15, 0.2) is 48.5 Å². The Hall–Kier alpha value is -3.55. The lowest BCUT2D eigenvalue weighted by atomic mass is 9.77. The lowest BCUT2D eigenvalue weighted by Crippen LogP contribution is -2.45. The molecule has 1 saturated heterocycles. The Morgan fingerprint density at radius 1 is 1.12 bits per heavy atom. The molecule has 2 aromatic rings. The van der Waals surface area contributed by atoms with Crippen molar-refractivity contribution in [2.45, 2.75) is 52.3 Å². The Bertz CT molecular complexity index is 1080. The number of ether oxygens (including phenoxy) is 1. The van der Waals surface area contributed by atoms with Crippen molar-refractivity contribution in [3.05, 3.63) is 65.2 Å². The molecular weight excluding hydrogens is 434 g/mol. The molecule has 8 nitrogen and oxygen atoms in total. The second-order valence-electron chi connectivity index (χ2n) is 9.91. The maximum absolute atomic E-state index is 13.0. The van der Waals surface area contributed by atoms with E-state index in [0.717, 1.165) is 22.4 Å². The number of anilines is 1. The number of fused-ring (bicyclic) bond motifs is 1. The third kappa shape index (κ3) is 4.85. The number of benzene rings is 2. The molecule has 0 radical (unpaired) electrons. The number of hydrogen-bond donors (Lipinski definition) is 2. The lowest BCUT2D eigenvalue weighted by molar-refractivity contribution is -0.118. The van der Waals surface area contributed by atoms with Crippen LogP contribution < -0.4 is 10.2 Å². The van der Waals surface area contributed by atoms with Gasteiger partial charge in [0.25, 0.3) is 0 Å². The maximum Gasteiger partial charge on any atom is 0.408 e. The fourth-order valence-corrected chi connectivity index (χ4v) is 4.90. The molecule has 3 amide bonds. The molecule has 1 fully saturated rings. The SMILES string of the molecule is CC(C)(C)C1c2ccc(N3CC[C@H](NC(=O)OCc4ccccc4)C3=O)cc2CCN1C(=O)O. The zero-order valence-corrected chi connectivity index (χ0v) is 19.8. The van der Waals surface area contributed by atoms with E-state index >= 15 is 0 Å². The van der Waals surface area contributed by atoms with Gasteiger partial charge in [-0.25, -0.2) is 9.59 Å². The second kappa shape index (κ2) is 9.37. The predicted octanol–water partition coefficient (Wildman–Crippen LogP) is 4.34. The van der Waals surface area contributed by atoms with E-state index in [1.165, 1.54) is 4.90 Å². The van der Waals surface area contributed by atoms with Gasteiger partial charge in [-0.2, -0.15) is 0 Å². The number of alkyl carbamates (subject to hydrolysis) is 1. The second-order valence-corrected chi connectivity index (χ2v) is 9.91. The van der Waals surface area contributed by atoms with Crippen LogP contribution in [-0.2, 0) is 22.6 Å². The van der Waals surface area contributed by atoms with Gasteiger partial charge < -0.3 is 25.0 Å². The highest BCUT2D eigenvalue weighted by molar-refractivity contribution is 6.01. The molecule has 8 heteroatoms. The van der Waals surface area contributed by atoms with E-state index in [1.807, 2.05) is 69.3 Å². The van der Waals surface area contributed by atoms with Gasteiger partial charge in [0, 0.05) is 18.8 Å². The van der Waals surface area contributed by atoms with Crippen molar-refractivity contribution in [1.29, 1.82) is 0 Å². The first-order chi connectivity index (χ1) is 16.1. The third-order valence-corrected chi connectivity index (χ3v) is 6.44. The van der Waals surface area contributed by atoms with Crippen molar-refractivity contribution in [3.8, 4) is 0 Å². The number of nitrogens with zero attached hydrogens (tertiary/aromatic N) is 2. The summed E-state index contributed by atoms with van der Waals surface area (Å²) in [5, 5.41) is 12.4. The van der Waals surface area contributed by atoms with Gasteiger partial charge in [0.05, 0.1) is 6.04 Å². The number of amides is 3. The molecule has 2 heterocycles. The van der Waals surface area contributed by atoms with Crippen LogP contribution in [0.1, 0.15) is 49.9 Å².